The van der Waals surface area contributed by atoms with Gasteiger partial charge < -0.3 is 9.84 Å². The number of nitrogens with zero attached hydrogens (tertiary/aromatic N) is 4. The molecule has 0 spiro atoms. The number of amides is 1. The third kappa shape index (κ3) is 2.95. The van der Waals surface area contributed by atoms with Crippen molar-refractivity contribution >= 4 is 11.6 Å². The van der Waals surface area contributed by atoms with Gasteiger partial charge in [-0.2, -0.15) is 5.21 Å². The number of hydrogen-bond acceptors (Lipinski definition) is 6. The van der Waals surface area contributed by atoms with Crippen LogP contribution in [-0.4, -0.2) is 31.7 Å². The number of carbonyl (C=O) groups is 1. The summed E-state index contributed by atoms with van der Waals surface area (Å²) in [4.78, 5) is 12.8. The molecule has 2 aromatic heterocycles. The first-order valence-corrected chi connectivity index (χ1v) is 7.89. The summed E-state index contributed by atoms with van der Waals surface area (Å²) in [5.74, 6) is 0.607. The highest BCUT2D eigenvalue weighted by Crippen LogP contribution is 2.26. The molecule has 2 heterocycles. The molecule has 26 heavy (non-hydrogen) atoms. The predicted molar refractivity (Wildman–Crippen MR) is 94.2 cm³/mol. The SMILES string of the molecule is Cc1onc(-c2ccccc2)c1C(=O)Nc1cccc(-c2nn[nH]n2)c1. The first-order valence-electron chi connectivity index (χ1n) is 7.89. The minimum atomic E-state index is -0.298. The Morgan fingerprint density at radius 3 is 2.65 bits per heavy atom. The van der Waals surface area contributed by atoms with E-state index in [1.54, 1.807) is 25.1 Å². The normalized spacial score (nSPS) is 10.7. The number of rotatable bonds is 4. The third-order valence-corrected chi connectivity index (χ3v) is 3.86. The van der Waals surface area contributed by atoms with Gasteiger partial charge in [0.25, 0.3) is 5.91 Å². The maximum Gasteiger partial charge on any atom is 0.261 e. The van der Waals surface area contributed by atoms with E-state index in [0.29, 0.717) is 28.5 Å². The second-order valence-electron chi connectivity index (χ2n) is 5.60. The Kier molecular flexibility index (Phi) is 3.98. The zero-order valence-corrected chi connectivity index (χ0v) is 13.8. The fourth-order valence-electron chi connectivity index (χ4n) is 2.65. The van der Waals surface area contributed by atoms with E-state index < -0.39 is 0 Å². The average Bonchev–Trinajstić information content (AvgIpc) is 3.32. The summed E-state index contributed by atoms with van der Waals surface area (Å²) >= 11 is 0. The van der Waals surface area contributed by atoms with E-state index in [0.717, 1.165) is 11.1 Å². The van der Waals surface area contributed by atoms with Crippen LogP contribution >= 0.6 is 0 Å². The Labute approximate surface area is 148 Å². The van der Waals surface area contributed by atoms with Crippen LogP contribution in [0, 0.1) is 6.92 Å². The largest absolute Gasteiger partial charge is 0.360 e. The monoisotopic (exact) mass is 346 g/mol. The van der Waals surface area contributed by atoms with Crippen LogP contribution in [-0.2, 0) is 0 Å². The minimum absolute atomic E-state index is 0.298. The standard InChI is InChI=1S/C18H14N6O2/c1-11-15(16(22-26-11)12-6-3-2-4-7-12)18(25)19-14-9-5-8-13(10-14)17-20-23-24-21-17/h2-10H,1H3,(H,19,25)(H,20,21,23,24). The van der Waals surface area contributed by atoms with Crippen molar-refractivity contribution in [2.45, 2.75) is 6.92 Å². The molecular formula is C18H14N6O2. The number of H-pyrrole nitrogens is 1. The predicted octanol–water partition coefficient (Wildman–Crippen LogP) is 3.08. The van der Waals surface area contributed by atoms with Crippen molar-refractivity contribution < 1.29 is 9.32 Å². The van der Waals surface area contributed by atoms with Gasteiger partial charge in [0.2, 0.25) is 5.82 Å². The first kappa shape index (κ1) is 15.7. The molecule has 8 heteroatoms. The zero-order chi connectivity index (χ0) is 17.9. The van der Waals surface area contributed by atoms with Gasteiger partial charge in [-0.05, 0) is 24.3 Å². The molecule has 0 saturated heterocycles. The van der Waals surface area contributed by atoms with Crippen LogP contribution in [0.5, 0.6) is 0 Å². The lowest BCUT2D eigenvalue weighted by atomic mass is 10.1. The number of aryl methyl sites for hydroxylation is 1. The molecule has 0 bridgehead atoms. The van der Waals surface area contributed by atoms with Gasteiger partial charge in [-0.3, -0.25) is 4.79 Å². The molecule has 1 amide bonds. The van der Waals surface area contributed by atoms with E-state index in [4.69, 9.17) is 4.52 Å². The number of hydrogen-bond donors (Lipinski definition) is 2. The molecule has 0 saturated carbocycles. The molecule has 0 unspecified atom stereocenters. The van der Waals surface area contributed by atoms with Crippen molar-refractivity contribution in [3.05, 3.63) is 65.9 Å². The summed E-state index contributed by atoms with van der Waals surface area (Å²) in [7, 11) is 0. The molecule has 0 aliphatic heterocycles. The molecule has 8 nitrogen and oxygen atoms in total. The molecule has 0 atom stereocenters. The van der Waals surface area contributed by atoms with Crippen molar-refractivity contribution in [2.75, 3.05) is 5.32 Å². The third-order valence-electron chi connectivity index (χ3n) is 3.86. The lowest BCUT2D eigenvalue weighted by Crippen LogP contribution is -2.13. The Balaban J connectivity index is 1.64. The molecular weight excluding hydrogens is 332 g/mol. The van der Waals surface area contributed by atoms with E-state index in [1.807, 2.05) is 36.4 Å². The lowest BCUT2D eigenvalue weighted by Gasteiger charge is -2.07. The molecule has 0 radical (unpaired) electrons. The van der Waals surface area contributed by atoms with Gasteiger partial charge in [0, 0.05) is 16.8 Å². The molecule has 2 aromatic carbocycles. The molecule has 0 fully saturated rings. The fraction of sp³-hybridized carbons (Fsp3) is 0.0556. The number of carbonyl (C=O) groups excluding carboxylic acids is 1. The number of aromatic nitrogens is 5. The zero-order valence-electron chi connectivity index (χ0n) is 13.8. The highest BCUT2D eigenvalue weighted by Gasteiger charge is 2.21. The molecule has 128 valence electrons. The highest BCUT2D eigenvalue weighted by atomic mass is 16.5. The van der Waals surface area contributed by atoms with E-state index in [-0.39, 0.29) is 5.91 Å². The molecule has 0 aliphatic carbocycles. The second kappa shape index (κ2) is 6.60. The number of benzene rings is 2. The number of aromatic amines is 1. The van der Waals surface area contributed by atoms with Crippen LogP contribution in [0.25, 0.3) is 22.6 Å². The maximum atomic E-state index is 12.8. The average molecular weight is 346 g/mol. The van der Waals surface area contributed by atoms with E-state index in [2.05, 4.69) is 31.1 Å². The van der Waals surface area contributed by atoms with Gasteiger partial charge in [0.1, 0.15) is 17.0 Å². The van der Waals surface area contributed by atoms with Crippen molar-refractivity contribution in [3.8, 4) is 22.6 Å². The summed E-state index contributed by atoms with van der Waals surface area (Å²) in [6.07, 6.45) is 0. The Morgan fingerprint density at radius 2 is 1.88 bits per heavy atom. The summed E-state index contributed by atoms with van der Waals surface area (Å²) in [6, 6.07) is 16.6. The first-order chi connectivity index (χ1) is 12.7. The smallest absolute Gasteiger partial charge is 0.261 e. The summed E-state index contributed by atoms with van der Waals surface area (Å²) < 4.78 is 5.25. The molecule has 4 rings (SSSR count). The molecule has 4 aromatic rings. The Bertz CT molecular complexity index is 1040. The Morgan fingerprint density at radius 1 is 1.08 bits per heavy atom. The number of nitrogens with one attached hydrogen (secondary N) is 2. The maximum absolute atomic E-state index is 12.8. The molecule has 0 aliphatic rings. The van der Waals surface area contributed by atoms with E-state index in [1.165, 1.54) is 0 Å². The second-order valence-corrected chi connectivity index (χ2v) is 5.60. The van der Waals surface area contributed by atoms with Gasteiger partial charge >= 0.3 is 0 Å². The van der Waals surface area contributed by atoms with E-state index >= 15 is 0 Å². The van der Waals surface area contributed by atoms with Crippen molar-refractivity contribution in [1.29, 1.82) is 0 Å². The van der Waals surface area contributed by atoms with Gasteiger partial charge in [-0.25, -0.2) is 0 Å². The van der Waals surface area contributed by atoms with Crippen molar-refractivity contribution in [2.24, 2.45) is 0 Å². The number of tetrazole rings is 1. The lowest BCUT2D eigenvalue weighted by molar-refractivity contribution is 0.102. The van der Waals surface area contributed by atoms with Gasteiger partial charge in [-0.1, -0.05) is 47.6 Å². The van der Waals surface area contributed by atoms with Gasteiger partial charge in [0.05, 0.1) is 0 Å². The fourth-order valence-corrected chi connectivity index (χ4v) is 2.65. The molecule has 2 N–H and O–H groups in total. The summed E-state index contributed by atoms with van der Waals surface area (Å²) in [5.41, 5.74) is 3.07. The van der Waals surface area contributed by atoms with Crippen molar-refractivity contribution in [3.63, 3.8) is 0 Å². The quantitative estimate of drug-likeness (QED) is 0.587. The van der Waals surface area contributed by atoms with E-state index in [9.17, 15) is 4.79 Å². The minimum Gasteiger partial charge on any atom is -0.360 e. The van der Waals surface area contributed by atoms with Crippen molar-refractivity contribution in [1.82, 2.24) is 25.8 Å². The van der Waals surface area contributed by atoms with Crippen LogP contribution in [0.3, 0.4) is 0 Å². The highest BCUT2D eigenvalue weighted by molar-refractivity contribution is 6.08. The van der Waals surface area contributed by atoms with Gasteiger partial charge in [0.15, 0.2) is 0 Å². The van der Waals surface area contributed by atoms with Gasteiger partial charge in [-0.15, -0.1) is 10.2 Å². The van der Waals surface area contributed by atoms with Crippen LogP contribution in [0.1, 0.15) is 16.1 Å². The van der Waals surface area contributed by atoms with Crippen LogP contribution in [0.15, 0.2) is 59.1 Å². The number of anilines is 1. The summed E-state index contributed by atoms with van der Waals surface area (Å²) in [5, 5.41) is 20.7. The van der Waals surface area contributed by atoms with Crippen LogP contribution in [0.4, 0.5) is 5.69 Å². The summed E-state index contributed by atoms with van der Waals surface area (Å²) in [6.45, 7) is 1.71. The van der Waals surface area contributed by atoms with Crippen LogP contribution in [0.2, 0.25) is 0 Å². The Hall–Kier alpha value is -3.81. The van der Waals surface area contributed by atoms with Crippen LogP contribution < -0.4 is 5.32 Å². The topological polar surface area (TPSA) is 110 Å².